The van der Waals surface area contributed by atoms with E-state index in [1.54, 1.807) is 0 Å². The van der Waals surface area contributed by atoms with Gasteiger partial charge >= 0.3 is 0 Å². The Morgan fingerprint density at radius 3 is 2.89 bits per heavy atom. The first-order valence-corrected chi connectivity index (χ1v) is 6.62. The number of rotatable bonds is 3. The van der Waals surface area contributed by atoms with Gasteiger partial charge in [0.2, 0.25) is 5.95 Å². The van der Waals surface area contributed by atoms with Crippen molar-refractivity contribution in [1.29, 1.82) is 0 Å². The summed E-state index contributed by atoms with van der Waals surface area (Å²) in [5.41, 5.74) is 2.10. The Bertz CT molecular complexity index is 483. The predicted octanol–water partition coefficient (Wildman–Crippen LogP) is 2.79. The Morgan fingerprint density at radius 2 is 2.11 bits per heavy atom. The van der Waals surface area contributed by atoms with Gasteiger partial charge in [0.25, 0.3) is 0 Å². The van der Waals surface area contributed by atoms with Crippen LogP contribution in [-0.4, -0.2) is 29.2 Å². The van der Waals surface area contributed by atoms with Crippen LogP contribution in [0.1, 0.15) is 19.8 Å². The summed E-state index contributed by atoms with van der Waals surface area (Å²) in [6.45, 7) is 4.00. The first-order chi connectivity index (χ1) is 8.83. The van der Waals surface area contributed by atoms with Crippen molar-refractivity contribution >= 4 is 17.0 Å². The minimum atomic E-state index is 0.425. The summed E-state index contributed by atoms with van der Waals surface area (Å²) < 4.78 is 5.40. The summed E-state index contributed by atoms with van der Waals surface area (Å²) in [6.07, 6.45) is 2.27. The number of ether oxygens (including phenoxy) is 1. The highest BCUT2D eigenvalue weighted by atomic mass is 16.5. The molecule has 1 aliphatic heterocycles. The number of hydrogen-bond acceptors (Lipinski definition) is 3. The van der Waals surface area contributed by atoms with Gasteiger partial charge in [0, 0.05) is 19.3 Å². The molecule has 1 aliphatic rings. The van der Waals surface area contributed by atoms with Crippen LogP contribution in [0.25, 0.3) is 11.0 Å². The fourth-order valence-electron chi connectivity index (χ4n) is 2.57. The highest BCUT2D eigenvalue weighted by Gasteiger charge is 2.20. The van der Waals surface area contributed by atoms with Crippen LogP contribution in [0.5, 0.6) is 0 Å². The number of hydrogen-bond donors (Lipinski definition) is 2. The minimum absolute atomic E-state index is 0.425. The molecule has 0 saturated carbocycles. The van der Waals surface area contributed by atoms with Crippen LogP contribution < -0.4 is 5.32 Å². The number of nitrogens with zero attached hydrogens (tertiary/aromatic N) is 1. The molecule has 1 aromatic carbocycles. The van der Waals surface area contributed by atoms with Crippen molar-refractivity contribution in [3.05, 3.63) is 24.3 Å². The van der Waals surface area contributed by atoms with Gasteiger partial charge in [-0.15, -0.1) is 0 Å². The fourth-order valence-corrected chi connectivity index (χ4v) is 2.57. The fraction of sp³-hybridized carbons (Fsp3) is 0.500. The number of imidazole rings is 1. The Balaban J connectivity index is 1.71. The van der Waals surface area contributed by atoms with Gasteiger partial charge in [-0.25, -0.2) is 4.98 Å². The number of H-pyrrole nitrogens is 1. The van der Waals surface area contributed by atoms with Crippen LogP contribution in [0, 0.1) is 5.92 Å². The van der Waals surface area contributed by atoms with Crippen molar-refractivity contribution in [2.24, 2.45) is 5.92 Å². The molecule has 1 unspecified atom stereocenters. The second-order valence-electron chi connectivity index (χ2n) is 4.99. The number of anilines is 1. The molecule has 0 amide bonds. The molecule has 96 valence electrons. The number of para-hydroxylation sites is 2. The van der Waals surface area contributed by atoms with E-state index in [2.05, 4.69) is 22.2 Å². The molecule has 2 N–H and O–H groups in total. The summed E-state index contributed by atoms with van der Waals surface area (Å²) in [6, 6.07) is 8.53. The van der Waals surface area contributed by atoms with Crippen molar-refractivity contribution < 1.29 is 4.74 Å². The zero-order chi connectivity index (χ0) is 12.4. The predicted molar refractivity (Wildman–Crippen MR) is 72.7 cm³/mol. The van der Waals surface area contributed by atoms with Gasteiger partial charge in [0.05, 0.1) is 11.0 Å². The Kier molecular flexibility index (Phi) is 3.19. The van der Waals surface area contributed by atoms with Crippen LogP contribution >= 0.6 is 0 Å². The summed E-state index contributed by atoms with van der Waals surface area (Å²) in [5, 5.41) is 3.48. The summed E-state index contributed by atoms with van der Waals surface area (Å²) in [4.78, 5) is 7.86. The molecule has 1 fully saturated rings. The zero-order valence-electron chi connectivity index (χ0n) is 10.6. The van der Waals surface area contributed by atoms with Gasteiger partial charge in [-0.3, -0.25) is 0 Å². The van der Waals surface area contributed by atoms with Crippen molar-refractivity contribution in [3.8, 4) is 0 Å². The molecule has 2 aromatic rings. The van der Waals surface area contributed by atoms with Crippen LogP contribution in [0.2, 0.25) is 0 Å². The highest BCUT2D eigenvalue weighted by Crippen LogP contribution is 2.22. The standard InChI is InChI=1S/C14H19N3O/c1-10(11-6-8-18-9-7-11)15-14-16-12-4-2-3-5-13(12)17-14/h2-5,10-11H,6-9H2,1H3,(H2,15,16,17). The monoisotopic (exact) mass is 245 g/mol. The number of aromatic nitrogens is 2. The van der Waals surface area contributed by atoms with Gasteiger partial charge in [0.15, 0.2) is 0 Å². The van der Waals surface area contributed by atoms with Crippen molar-refractivity contribution in [2.75, 3.05) is 18.5 Å². The number of aromatic amines is 1. The van der Waals surface area contributed by atoms with Crippen LogP contribution in [0.4, 0.5) is 5.95 Å². The van der Waals surface area contributed by atoms with Crippen LogP contribution in [-0.2, 0) is 4.74 Å². The molecule has 0 spiro atoms. The lowest BCUT2D eigenvalue weighted by molar-refractivity contribution is 0.0622. The van der Waals surface area contributed by atoms with E-state index in [0.717, 1.165) is 43.0 Å². The van der Waals surface area contributed by atoms with Crippen molar-refractivity contribution in [3.63, 3.8) is 0 Å². The molecule has 0 bridgehead atoms. The van der Waals surface area contributed by atoms with Crippen LogP contribution in [0.3, 0.4) is 0 Å². The maximum Gasteiger partial charge on any atom is 0.201 e. The minimum Gasteiger partial charge on any atom is -0.381 e. The first-order valence-electron chi connectivity index (χ1n) is 6.62. The van der Waals surface area contributed by atoms with Crippen molar-refractivity contribution in [1.82, 2.24) is 9.97 Å². The average molecular weight is 245 g/mol. The van der Waals surface area contributed by atoms with E-state index in [4.69, 9.17) is 4.74 Å². The summed E-state index contributed by atoms with van der Waals surface area (Å²) in [5.74, 6) is 1.54. The van der Waals surface area contributed by atoms with Crippen molar-refractivity contribution in [2.45, 2.75) is 25.8 Å². The van der Waals surface area contributed by atoms with E-state index >= 15 is 0 Å². The van der Waals surface area contributed by atoms with E-state index in [-0.39, 0.29) is 0 Å². The average Bonchev–Trinajstić information content (AvgIpc) is 2.82. The van der Waals surface area contributed by atoms with Gasteiger partial charge in [-0.2, -0.15) is 0 Å². The lowest BCUT2D eigenvalue weighted by atomic mass is 9.93. The third-order valence-electron chi connectivity index (χ3n) is 3.73. The lowest BCUT2D eigenvalue weighted by Gasteiger charge is -2.28. The van der Waals surface area contributed by atoms with Gasteiger partial charge in [0.1, 0.15) is 0 Å². The van der Waals surface area contributed by atoms with Gasteiger partial charge in [-0.1, -0.05) is 12.1 Å². The second kappa shape index (κ2) is 4.98. The van der Waals surface area contributed by atoms with E-state index in [9.17, 15) is 0 Å². The molecule has 1 atom stereocenters. The zero-order valence-corrected chi connectivity index (χ0v) is 10.6. The molecule has 2 heterocycles. The molecule has 4 heteroatoms. The van der Waals surface area contributed by atoms with Crippen LogP contribution in [0.15, 0.2) is 24.3 Å². The molecular weight excluding hydrogens is 226 g/mol. The Labute approximate surface area is 107 Å². The normalized spacial score (nSPS) is 18.9. The lowest BCUT2D eigenvalue weighted by Crippen LogP contribution is -2.31. The number of nitrogens with one attached hydrogen (secondary N) is 2. The smallest absolute Gasteiger partial charge is 0.201 e. The maximum absolute atomic E-state index is 5.40. The van der Waals surface area contributed by atoms with E-state index in [0.29, 0.717) is 12.0 Å². The van der Waals surface area contributed by atoms with E-state index < -0.39 is 0 Å². The second-order valence-corrected chi connectivity index (χ2v) is 4.99. The molecule has 4 nitrogen and oxygen atoms in total. The molecule has 18 heavy (non-hydrogen) atoms. The summed E-state index contributed by atoms with van der Waals surface area (Å²) >= 11 is 0. The topological polar surface area (TPSA) is 49.9 Å². The highest BCUT2D eigenvalue weighted by molar-refractivity contribution is 5.77. The SMILES string of the molecule is CC(Nc1nc2ccccc2[nH]1)C1CCOCC1. The molecular formula is C14H19N3O. The quantitative estimate of drug-likeness (QED) is 0.874. The first kappa shape index (κ1) is 11.5. The number of benzene rings is 1. The largest absolute Gasteiger partial charge is 0.381 e. The van der Waals surface area contributed by atoms with E-state index in [1.165, 1.54) is 0 Å². The molecule has 1 saturated heterocycles. The van der Waals surface area contributed by atoms with Gasteiger partial charge in [-0.05, 0) is 37.8 Å². The Hall–Kier alpha value is -1.55. The molecule has 1 aromatic heterocycles. The molecule has 0 aliphatic carbocycles. The van der Waals surface area contributed by atoms with Gasteiger partial charge < -0.3 is 15.0 Å². The molecule has 0 radical (unpaired) electrons. The maximum atomic E-state index is 5.40. The third kappa shape index (κ3) is 2.34. The van der Waals surface area contributed by atoms with E-state index in [1.807, 2.05) is 24.3 Å². The Morgan fingerprint density at radius 1 is 1.33 bits per heavy atom. The summed E-state index contributed by atoms with van der Waals surface area (Å²) in [7, 11) is 0. The molecule has 3 rings (SSSR count). The number of fused-ring (bicyclic) bond motifs is 1. The third-order valence-corrected chi connectivity index (χ3v) is 3.73.